The topological polar surface area (TPSA) is 96.5 Å². The molecule has 0 saturated carbocycles. The number of fused-ring (bicyclic) bond motifs is 1. The van der Waals surface area contributed by atoms with Crippen LogP contribution in [0.25, 0.3) is 0 Å². The molecule has 7 nitrogen and oxygen atoms in total. The highest BCUT2D eigenvalue weighted by Gasteiger charge is 2.35. The Hall–Kier alpha value is -1.19. The summed E-state index contributed by atoms with van der Waals surface area (Å²) in [6.45, 7) is 2.14. The van der Waals surface area contributed by atoms with Gasteiger partial charge in [-0.15, -0.1) is 12.4 Å². The maximum atomic E-state index is 12.6. The van der Waals surface area contributed by atoms with Crippen molar-refractivity contribution in [3.05, 3.63) is 29.3 Å². The van der Waals surface area contributed by atoms with E-state index in [1.54, 1.807) is 19.2 Å². The summed E-state index contributed by atoms with van der Waals surface area (Å²) in [6.07, 6.45) is 2.57. The zero-order chi connectivity index (χ0) is 17.2. The second-order valence-corrected chi connectivity index (χ2v) is 8.16. The Morgan fingerprint density at radius 3 is 2.80 bits per heavy atom. The van der Waals surface area contributed by atoms with Crippen molar-refractivity contribution in [1.82, 2.24) is 15.4 Å². The van der Waals surface area contributed by atoms with Gasteiger partial charge >= 0.3 is 0 Å². The van der Waals surface area contributed by atoms with Crippen molar-refractivity contribution < 1.29 is 17.9 Å². The number of halogens is 1. The van der Waals surface area contributed by atoms with Gasteiger partial charge in [-0.25, -0.2) is 13.1 Å². The van der Waals surface area contributed by atoms with Crippen LogP contribution in [0.3, 0.4) is 0 Å². The van der Waals surface area contributed by atoms with E-state index >= 15 is 0 Å². The maximum Gasteiger partial charge on any atom is 0.251 e. The molecule has 1 amide bonds. The van der Waals surface area contributed by atoms with Crippen molar-refractivity contribution in [1.29, 1.82) is 0 Å². The summed E-state index contributed by atoms with van der Waals surface area (Å²) in [6, 6.07) is 4.74. The molecule has 0 aromatic heterocycles. The maximum absolute atomic E-state index is 12.6. The molecule has 140 valence electrons. The van der Waals surface area contributed by atoms with E-state index in [-0.39, 0.29) is 35.3 Å². The van der Waals surface area contributed by atoms with Crippen LogP contribution < -0.4 is 15.4 Å². The van der Waals surface area contributed by atoms with E-state index in [1.807, 2.05) is 0 Å². The molecule has 1 unspecified atom stereocenters. The van der Waals surface area contributed by atoms with Gasteiger partial charge in [0, 0.05) is 25.8 Å². The largest absolute Gasteiger partial charge is 0.383 e. The van der Waals surface area contributed by atoms with Gasteiger partial charge in [-0.3, -0.25) is 4.79 Å². The van der Waals surface area contributed by atoms with Gasteiger partial charge in [0.15, 0.2) is 0 Å². The lowest BCUT2D eigenvalue weighted by atomic mass is 9.99. The highest BCUT2D eigenvalue weighted by atomic mass is 35.5. The van der Waals surface area contributed by atoms with Crippen LogP contribution in [0, 0.1) is 0 Å². The van der Waals surface area contributed by atoms with Crippen LogP contribution in [-0.4, -0.2) is 53.2 Å². The minimum absolute atomic E-state index is 0. The fourth-order valence-electron chi connectivity index (χ4n) is 3.34. The molecule has 1 atom stereocenters. The number of benzene rings is 1. The molecular weight excluding hydrogens is 366 g/mol. The van der Waals surface area contributed by atoms with E-state index in [1.165, 1.54) is 6.07 Å². The molecular formula is C16H24ClN3O4S. The molecule has 1 saturated heterocycles. The monoisotopic (exact) mass is 389 g/mol. The molecule has 3 rings (SSSR count). The SMILES string of the molecule is COCC1(CNS(=O)(=O)c2ccc3c(c2)C(=O)NCC3)CCCN1.Cl. The molecule has 1 aromatic carbocycles. The number of rotatable bonds is 6. The number of carbonyl (C=O) groups excluding carboxylic acids is 1. The van der Waals surface area contributed by atoms with Crippen LogP contribution in [0.15, 0.2) is 23.1 Å². The predicted molar refractivity (Wildman–Crippen MR) is 96.8 cm³/mol. The van der Waals surface area contributed by atoms with Gasteiger partial charge in [0.1, 0.15) is 0 Å². The summed E-state index contributed by atoms with van der Waals surface area (Å²) < 4.78 is 33.1. The van der Waals surface area contributed by atoms with Crippen molar-refractivity contribution in [3.8, 4) is 0 Å². The first-order valence-corrected chi connectivity index (χ1v) is 9.59. The minimum atomic E-state index is -3.69. The molecule has 2 heterocycles. The number of ether oxygens (including phenoxy) is 1. The standard InChI is InChI=1S/C16H23N3O4S.ClH/c1-23-11-16(6-2-7-18-16)10-19-24(21,22)13-4-3-12-5-8-17-15(20)14(12)9-13;/h3-4,9,18-19H,2,5-8,10-11H2,1H3,(H,17,20);1H. The van der Waals surface area contributed by atoms with E-state index < -0.39 is 10.0 Å². The molecule has 1 aromatic rings. The molecule has 2 aliphatic rings. The van der Waals surface area contributed by atoms with Crippen LogP contribution in [0.4, 0.5) is 0 Å². The van der Waals surface area contributed by atoms with Crippen LogP contribution in [0.1, 0.15) is 28.8 Å². The molecule has 2 aliphatic heterocycles. The van der Waals surface area contributed by atoms with Crippen LogP contribution in [-0.2, 0) is 21.2 Å². The first-order chi connectivity index (χ1) is 11.5. The van der Waals surface area contributed by atoms with E-state index in [0.29, 0.717) is 18.7 Å². The number of hydrogen-bond donors (Lipinski definition) is 3. The number of amides is 1. The Balaban J connectivity index is 0.00000225. The Morgan fingerprint density at radius 2 is 2.12 bits per heavy atom. The number of sulfonamides is 1. The Kier molecular flexibility index (Phi) is 6.45. The van der Waals surface area contributed by atoms with Gasteiger partial charge in [0.05, 0.1) is 17.0 Å². The van der Waals surface area contributed by atoms with Gasteiger partial charge in [0.25, 0.3) is 5.91 Å². The number of methoxy groups -OCH3 is 1. The normalized spacial score (nSPS) is 22.8. The van der Waals surface area contributed by atoms with E-state index in [4.69, 9.17) is 4.74 Å². The minimum Gasteiger partial charge on any atom is -0.383 e. The molecule has 0 radical (unpaired) electrons. The van der Waals surface area contributed by atoms with E-state index in [2.05, 4.69) is 15.4 Å². The summed E-state index contributed by atoms with van der Waals surface area (Å²) >= 11 is 0. The van der Waals surface area contributed by atoms with E-state index in [0.717, 1.165) is 31.4 Å². The average Bonchev–Trinajstić information content (AvgIpc) is 3.03. The zero-order valence-corrected chi connectivity index (χ0v) is 15.8. The van der Waals surface area contributed by atoms with Gasteiger partial charge in [-0.1, -0.05) is 6.07 Å². The van der Waals surface area contributed by atoms with Crippen molar-refractivity contribution >= 4 is 28.3 Å². The highest BCUT2D eigenvalue weighted by Crippen LogP contribution is 2.22. The van der Waals surface area contributed by atoms with Crippen molar-refractivity contribution in [2.45, 2.75) is 29.7 Å². The second-order valence-electron chi connectivity index (χ2n) is 6.39. The third-order valence-corrected chi connectivity index (χ3v) is 6.07. The average molecular weight is 390 g/mol. The molecule has 0 aliphatic carbocycles. The lowest BCUT2D eigenvalue weighted by molar-refractivity contribution is 0.0945. The Bertz CT molecular complexity index is 733. The lowest BCUT2D eigenvalue weighted by Gasteiger charge is -2.29. The van der Waals surface area contributed by atoms with Crippen LogP contribution in [0.5, 0.6) is 0 Å². The summed E-state index contributed by atoms with van der Waals surface area (Å²) in [5.74, 6) is -0.221. The third kappa shape index (κ3) is 4.32. The molecule has 9 heteroatoms. The quantitative estimate of drug-likeness (QED) is 0.656. The van der Waals surface area contributed by atoms with Crippen molar-refractivity contribution in [3.63, 3.8) is 0 Å². The smallest absolute Gasteiger partial charge is 0.251 e. The van der Waals surface area contributed by atoms with Crippen LogP contribution in [0.2, 0.25) is 0 Å². The second kappa shape index (κ2) is 8.01. The predicted octanol–water partition coefficient (Wildman–Crippen LogP) is 0.441. The van der Waals surface area contributed by atoms with Gasteiger partial charge < -0.3 is 15.4 Å². The van der Waals surface area contributed by atoms with Gasteiger partial charge in [-0.2, -0.15) is 0 Å². The Labute approximate surface area is 154 Å². The van der Waals surface area contributed by atoms with Crippen molar-refractivity contribution in [2.24, 2.45) is 0 Å². The van der Waals surface area contributed by atoms with Crippen LogP contribution >= 0.6 is 12.4 Å². The first kappa shape index (κ1) is 20.1. The van der Waals surface area contributed by atoms with E-state index in [9.17, 15) is 13.2 Å². The first-order valence-electron chi connectivity index (χ1n) is 8.11. The molecule has 3 N–H and O–H groups in total. The number of carbonyl (C=O) groups is 1. The molecule has 0 spiro atoms. The van der Waals surface area contributed by atoms with Gasteiger partial charge in [-0.05, 0) is 43.5 Å². The number of nitrogens with one attached hydrogen (secondary N) is 3. The molecule has 25 heavy (non-hydrogen) atoms. The fraction of sp³-hybridized carbons (Fsp3) is 0.562. The van der Waals surface area contributed by atoms with Gasteiger partial charge in [0.2, 0.25) is 10.0 Å². The number of hydrogen-bond acceptors (Lipinski definition) is 5. The van der Waals surface area contributed by atoms with Crippen molar-refractivity contribution in [2.75, 3.05) is 33.4 Å². The Morgan fingerprint density at radius 1 is 1.32 bits per heavy atom. The molecule has 1 fully saturated rings. The molecule has 0 bridgehead atoms. The summed E-state index contributed by atoms with van der Waals surface area (Å²) in [4.78, 5) is 12.0. The summed E-state index contributed by atoms with van der Waals surface area (Å²) in [5, 5.41) is 6.07. The highest BCUT2D eigenvalue weighted by molar-refractivity contribution is 7.89. The summed E-state index contributed by atoms with van der Waals surface area (Å²) in [7, 11) is -2.08. The third-order valence-electron chi connectivity index (χ3n) is 4.67. The fourth-order valence-corrected chi connectivity index (χ4v) is 4.50. The summed E-state index contributed by atoms with van der Waals surface area (Å²) in [5.41, 5.74) is 0.952. The lowest BCUT2D eigenvalue weighted by Crippen LogP contribution is -2.52. The zero-order valence-electron chi connectivity index (χ0n) is 14.1.